The van der Waals surface area contributed by atoms with Crippen molar-refractivity contribution in [2.24, 2.45) is 5.92 Å². The molecule has 3 rings (SSSR count). The average Bonchev–Trinajstić information content (AvgIpc) is 2.38. The van der Waals surface area contributed by atoms with Crippen molar-refractivity contribution >= 4 is 11.6 Å². The van der Waals surface area contributed by atoms with Crippen LogP contribution in [0.4, 0.5) is 0 Å². The highest BCUT2D eigenvalue weighted by Gasteiger charge is 2.27. The van der Waals surface area contributed by atoms with Crippen LogP contribution in [-0.2, 0) is 13.0 Å². The smallest absolute Gasteiger partial charge is 0.115 e. The molecule has 0 radical (unpaired) electrons. The van der Waals surface area contributed by atoms with Crippen molar-refractivity contribution in [2.45, 2.75) is 13.0 Å². The van der Waals surface area contributed by atoms with Crippen LogP contribution in [0, 0.1) is 5.92 Å². The van der Waals surface area contributed by atoms with E-state index in [0.717, 1.165) is 31.1 Å². The van der Waals surface area contributed by atoms with Crippen LogP contribution in [0.15, 0.2) is 48.5 Å². The molecule has 0 amide bonds. The van der Waals surface area contributed by atoms with Gasteiger partial charge in [-0.1, -0.05) is 41.9 Å². The van der Waals surface area contributed by atoms with Crippen LogP contribution < -0.4 is 0 Å². The predicted octanol–water partition coefficient (Wildman–Crippen LogP) is 3.72. The van der Waals surface area contributed by atoms with E-state index >= 15 is 0 Å². The molecule has 20 heavy (non-hydrogen) atoms. The minimum Gasteiger partial charge on any atom is -0.508 e. The molecule has 3 heteroatoms. The lowest BCUT2D eigenvalue weighted by Gasteiger charge is -2.39. The molecule has 1 saturated heterocycles. The molecule has 0 unspecified atom stereocenters. The maximum atomic E-state index is 9.46. The van der Waals surface area contributed by atoms with Gasteiger partial charge in [-0.15, -0.1) is 0 Å². The third kappa shape index (κ3) is 3.14. The van der Waals surface area contributed by atoms with Gasteiger partial charge in [0.1, 0.15) is 5.75 Å². The second-order valence-electron chi connectivity index (χ2n) is 5.53. The third-order valence-electron chi connectivity index (χ3n) is 3.82. The van der Waals surface area contributed by atoms with E-state index in [4.69, 9.17) is 11.6 Å². The number of phenols is 1. The molecule has 0 aliphatic carbocycles. The van der Waals surface area contributed by atoms with Crippen molar-refractivity contribution in [3.05, 3.63) is 64.7 Å². The van der Waals surface area contributed by atoms with Crippen molar-refractivity contribution in [3.63, 3.8) is 0 Å². The van der Waals surface area contributed by atoms with Gasteiger partial charge in [0.05, 0.1) is 0 Å². The fourth-order valence-electron chi connectivity index (χ4n) is 2.82. The van der Waals surface area contributed by atoms with E-state index in [-0.39, 0.29) is 0 Å². The number of hydrogen-bond acceptors (Lipinski definition) is 2. The van der Waals surface area contributed by atoms with E-state index in [1.807, 2.05) is 30.3 Å². The number of hydrogen-bond donors (Lipinski definition) is 1. The van der Waals surface area contributed by atoms with Crippen LogP contribution in [0.2, 0.25) is 5.02 Å². The van der Waals surface area contributed by atoms with E-state index in [9.17, 15) is 5.11 Å². The highest BCUT2D eigenvalue weighted by atomic mass is 35.5. The lowest BCUT2D eigenvalue weighted by molar-refractivity contribution is 0.0925. The zero-order chi connectivity index (χ0) is 13.9. The van der Waals surface area contributed by atoms with E-state index in [0.29, 0.717) is 11.7 Å². The zero-order valence-corrected chi connectivity index (χ0v) is 12.1. The van der Waals surface area contributed by atoms with Crippen LogP contribution in [0.3, 0.4) is 0 Å². The summed E-state index contributed by atoms with van der Waals surface area (Å²) >= 11 is 6.19. The van der Waals surface area contributed by atoms with Crippen molar-refractivity contribution in [1.29, 1.82) is 0 Å². The van der Waals surface area contributed by atoms with Crippen molar-refractivity contribution in [2.75, 3.05) is 13.1 Å². The zero-order valence-electron chi connectivity index (χ0n) is 11.3. The Bertz CT molecular complexity index is 593. The van der Waals surface area contributed by atoms with E-state index in [1.165, 1.54) is 11.1 Å². The van der Waals surface area contributed by atoms with Gasteiger partial charge in [-0.25, -0.2) is 0 Å². The van der Waals surface area contributed by atoms with E-state index in [2.05, 4.69) is 17.0 Å². The summed E-state index contributed by atoms with van der Waals surface area (Å²) in [7, 11) is 0. The molecular weight excluding hydrogens is 270 g/mol. The molecule has 0 bridgehead atoms. The van der Waals surface area contributed by atoms with Gasteiger partial charge in [0.15, 0.2) is 0 Å². The standard InChI is InChI=1S/C17H18ClNO/c18-17-7-2-1-5-15(17)8-14-11-19(12-14)10-13-4-3-6-16(20)9-13/h1-7,9,14,20H,8,10-12H2. The molecule has 1 aliphatic heterocycles. The highest BCUT2D eigenvalue weighted by molar-refractivity contribution is 6.31. The molecule has 1 heterocycles. The highest BCUT2D eigenvalue weighted by Crippen LogP contribution is 2.26. The molecule has 104 valence electrons. The Labute approximate surface area is 124 Å². The minimum absolute atomic E-state index is 0.343. The summed E-state index contributed by atoms with van der Waals surface area (Å²) in [5.41, 5.74) is 2.41. The molecule has 2 aromatic carbocycles. The normalized spacial score (nSPS) is 16.1. The summed E-state index contributed by atoms with van der Waals surface area (Å²) in [6.07, 6.45) is 1.05. The number of phenolic OH excluding ortho intramolecular Hbond substituents is 1. The Morgan fingerprint density at radius 3 is 2.65 bits per heavy atom. The van der Waals surface area contributed by atoms with Crippen molar-refractivity contribution < 1.29 is 5.11 Å². The van der Waals surface area contributed by atoms with E-state index in [1.54, 1.807) is 6.07 Å². The number of likely N-dealkylation sites (tertiary alicyclic amines) is 1. The summed E-state index contributed by atoms with van der Waals surface area (Å²) < 4.78 is 0. The number of aromatic hydroxyl groups is 1. The first-order chi connectivity index (χ1) is 9.70. The first-order valence-corrected chi connectivity index (χ1v) is 7.32. The third-order valence-corrected chi connectivity index (χ3v) is 4.18. The quantitative estimate of drug-likeness (QED) is 0.926. The SMILES string of the molecule is Oc1cccc(CN2CC(Cc3ccccc3Cl)C2)c1. The molecular formula is C17H18ClNO. The maximum Gasteiger partial charge on any atom is 0.115 e. The lowest BCUT2D eigenvalue weighted by Crippen LogP contribution is -2.46. The Kier molecular flexibility index (Phi) is 3.95. The number of halogens is 1. The fourth-order valence-corrected chi connectivity index (χ4v) is 3.04. The second-order valence-corrected chi connectivity index (χ2v) is 5.93. The first kappa shape index (κ1) is 13.5. The maximum absolute atomic E-state index is 9.46. The van der Waals surface area contributed by atoms with Crippen LogP contribution in [0.25, 0.3) is 0 Å². The molecule has 0 aromatic heterocycles. The predicted molar refractivity (Wildman–Crippen MR) is 82.0 cm³/mol. The molecule has 1 N–H and O–H groups in total. The summed E-state index contributed by atoms with van der Waals surface area (Å²) in [6, 6.07) is 15.6. The Morgan fingerprint density at radius 1 is 1.10 bits per heavy atom. The van der Waals surface area contributed by atoms with Gasteiger partial charge in [0.25, 0.3) is 0 Å². The molecule has 1 aliphatic rings. The van der Waals surface area contributed by atoms with Gasteiger partial charge < -0.3 is 5.11 Å². The Hall–Kier alpha value is -1.51. The van der Waals surface area contributed by atoms with Gasteiger partial charge in [-0.2, -0.15) is 0 Å². The van der Waals surface area contributed by atoms with Gasteiger partial charge >= 0.3 is 0 Å². The van der Waals surface area contributed by atoms with Crippen LogP contribution >= 0.6 is 11.6 Å². The van der Waals surface area contributed by atoms with Gasteiger partial charge in [0.2, 0.25) is 0 Å². The minimum atomic E-state index is 0.343. The average molecular weight is 288 g/mol. The van der Waals surface area contributed by atoms with Gasteiger partial charge in [-0.05, 0) is 41.7 Å². The summed E-state index contributed by atoms with van der Waals surface area (Å²) in [5.74, 6) is 1.03. The Morgan fingerprint density at radius 2 is 1.90 bits per heavy atom. The van der Waals surface area contributed by atoms with Crippen LogP contribution in [0.5, 0.6) is 5.75 Å². The summed E-state index contributed by atoms with van der Waals surface area (Å²) in [4.78, 5) is 2.40. The van der Waals surface area contributed by atoms with Gasteiger partial charge in [0, 0.05) is 24.7 Å². The second kappa shape index (κ2) is 5.86. The molecule has 2 aromatic rings. The van der Waals surface area contributed by atoms with Crippen LogP contribution in [-0.4, -0.2) is 23.1 Å². The van der Waals surface area contributed by atoms with Crippen molar-refractivity contribution in [1.82, 2.24) is 4.90 Å². The molecule has 0 atom stereocenters. The molecule has 0 spiro atoms. The summed E-state index contributed by atoms with van der Waals surface area (Å²) in [5, 5.41) is 10.3. The fraction of sp³-hybridized carbons (Fsp3) is 0.294. The van der Waals surface area contributed by atoms with Crippen molar-refractivity contribution in [3.8, 4) is 5.75 Å². The van der Waals surface area contributed by atoms with Gasteiger partial charge in [-0.3, -0.25) is 4.90 Å². The molecule has 2 nitrogen and oxygen atoms in total. The lowest BCUT2D eigenvalue weighted by atomic mass is 9.91. The number of nitrogens with zero attached hydrogens (tertiary/aromatic N) is 1. The molecule has 0 saturated carbocycles. The monoisotopic (exact) mass is 287 g/mol. The largest absolute Gasteiger partial charge is 0.508 e. The summed E-state index contributed by atoms with van der Waals surface area (Å²) in [6.45, 7) is 3.11. The number of rotatable bonds is 4. The number of benzene rings is 2. The van der Waals surface area contributed by atoms with E-state index < -0.39 is 0 Å². The molecule has 1 fully saturated rings. The first-order valence-electron chi connectivity index (χ1n) is 6.94. The Balaban J connectivity index is 1.51. The topological polar surface area (TPSA) is 23.5 Å². The van der Waals surface area contributed by atoms with Crippen LogP contribution in [0.1, 0.15) is 11.1 Å².